The first-order valence-electron chi connectivity index (χ1n) is 5.60. The lowest BCUT2D eigenvalue weighted by atomic mass is 9.95. The monoisotopic (exact) mass is 228 g/mol. The molecule has 0 bridgehead atoms. The molecule has 0 aliphatic heterocycles. The molecule has 0 aliphatic rings. The first-order valence-corrected chi connectivity index (χ1v) is 5.60. The molecule has 17 heavy (non-hydrogen) atoms. The summed E-state index contributed by atoms with van der Waals surface area (Å²) in [6.07, 6.45) is 0. The number of rotatable bonds is 1. The number of benzene rings is 2. The Balaban J connectivity index is 2.73. The molecule has 2 aromatic rings. The van der Waals surface area contributed by atoms with Gasteiger partial charge in [-0.15, -0.1) is 0 Å². The number of phenols is 2. The van der Waals surface area contributed by atoms with Gasteiger partial charge < -0.3 is 10.2 Å². The smallest absolute Gasteiger partial charge is 0.126 e. The summed E-state index contributed by atoms with van der Waals surface area (Å²) in [5.74, 6) is 0.533. The second-order valence-electron chi connectivity index (χ2n) is 4.43. The van der Waals surface area contributed by atoms with Crippen LogP contribution in [-0.4, -0.2) is 10.2 Å². The predicted molar refractivity (Wildman–Crippen MR) is 69.4 cm³/mol. The number of aromatic hydroxyl groups is 2. The molecule has 0 radical (unpaired) electrons. The number of aryl methyl sites for hydroxylation is 2. The van der Waals surface area contributed by atoms with E-state index in [1.165, 1.54) is 0 Å². The van der Waals surface area contributed by atoms with Crippen molar-refractivity contribution in [2.45, 2.75) is 20.8 Å². The molecule has 0 aliphatic carbocycles. The van der Waals surface area contributed by atoms with Gasteiger partial charge in [0.05, 0.1) is 0 Å². The molecular formula is C15H16O2. The van der Waals surface area contributed by atoms with Crippen molar-refractivity contribution in [1.29, 1.82) is 0 Å². The van der Waals surface area contributed by atoms with Gasteiger partial charge in [-0.2, -0.15) is 0 Å². The molecule has 0 amide bonds. The summed E-state index contributed by atoms with van der Waals surface area (Å²) in [5.41, 5.74) is 4.37. The molecule has 2 nitrogen and oxygen atoms in total. The van der Waals surface area contributed by atoms with Gasteiger partial charge >= 0.3 is 0 Å². The van der Waals surface area contributed by atoms with E-state index in [0.29, 0.717) is 0 Å². The van der Waals surface area contributed by atoms with Crippen molar-refractivity contribution in [2.24, 2.45) is 0 Å². The van der Waals surface area contributed by atoms with Crippen LogP contribution < -0.4 is 0 Å². The Morgan fingerprint density at radius 1 is 0.882 bits per heavy atom. The Morgan fingerprint density at radius 2 is 1.59 bits per heavy atom. The van der Waals surface area contributed by atoms with Gasteiger partial charge in [0, 0.05) is 5.56 Å². The lowest BCUT2D eigenvalue weighted by Crippen LogP contribution is -1.88. The van der Waals surface area contributed by atoms with Crippen LogP contribution in [0.25, 0.3) is 11.1 Å². The topological polar surface area (TPSA) is 40.5 Å². The van der Waals surface area contributed by atoms with E-state index in [2.05, 4.69) is 0 Å². The van der Waals surface area contributed by atoms with Crippen LogP contribution in [0.3, 0.4) is 0 Å². The minimum atomic E-state index is 0.251. The predicted octanol–water partition coefficient (Wildman–Crippen LogP) is 3.69. The van der Waals surface area contributed by atoms with Gasteiger partial charge in [0.1, 0.15) is 11.5 Å². The highest BCUT2D eigenvalue weighted by molar-refractivity contribution is 5.76. The van der Waals surface area contributed by atoms with Gasteiger partial charge in [0.2, 0.25) is 0 Å². The third kappa shape index (κ3) is 1.98. The molecule has 0 atom stereocenters. The summed E-state index contributed by atoms with van der Waals surface area (Å²) < 4.78 is 0. The summed E-state index contributed by atoms with van der Waals surface area (Å²) >= 11 is 0. The van der Waals surface area contributed by atoms with Crippen LogP contribution in [0, 0.1) is 20.8 Å². The lowest BCUT2D eigenvalue weighted by molar-refractivity contribution is 0.469. The molecule has 88 valence electrons. The van der Waals surface area contributed by atoms with Crippen LogP contribution in [0.15, 0.2) is 30.3 Å². The van der Waals surface area contributed by atoms with Crippen molar-refractivity contribution in [3.05, 3.63) is 47.0 Å². The second kappa shape index (κ2) is 4.13. The molecule has 0 unspecified atom stereocenters. The van der Waals surface area contributed by atoms with Crippen molar-refractivity contribution >= 4 is 0 Å². The van der Waals surface area contributed by atoms with Crippen molar-refractivity contribution < 1.29 is 10.2 Å². The average Bonchev–Trinajstić information content (AvgIpc) is 2.27. The quantitative estimate of drug-likeness (QED) is 0.781. The molecule has 0 heterocycles. The molecule has 0 fully saturated rings. The van der Waals surface area contributed by atoms with Crippen LogP contribution >= 0.6 is 0 Å². The van der Waals surface area contributed by atoms with Gasteiger partial charge in [-0.3, -0.25) is 0 Å². The van der Waals surface area contributed by atoms with Gasteiger partial charge in [-0.25, -0.2) is 0 Å². The second-order valence-corrected chi connectivity index (χ2v) is 4.43. The molecule has 0 aromatic heterocycles. The first kappa shape index (κ1) is 11.5. The molecule has 2 rings (SSSR count). The van der Waals surface area contributed by atoms with E-state index in [1.54, 1.807) is 12.1 Å². The average molecular weight is 228 g/mol. The zero-order valence-electron chi connectivity index (χ0n) is 10.3. The molecule has 0 saturated heterocycles. The van der Waals surface area contributed by atoms with E-state index in [-0.39, 0.29) is 11.5 Å². The van der Waals surface area contributed by atoms with E-state index in [9.17, 15) is 10.2 Å². The van der Waals surface area contributed by atoms with Crippen molar-refractivity contribution in [3.63, 3.8) is 0 Å². The highest BCUT2D eigenvalue weighted by atomic mass is 16.3. The van der Waals surface area contributed by atoms with E-state index in [0.717, 1.165) is 27.8 Å². The number of phenolic OH excluding ortho intramolecular Hbond substituents is 2. The van der Waals surface area contributed by atoms with Crippen LogP contribution in [0.2, 0.25) is 0 Å². The standard InChI is InChI=1S/C15H16O2/c1-9-7-10(2)15(17)13(8-9)12-5-4-6-14(16)11(12)3/h4-8,16-17H,1-3H3. The summed E-state index contributed by atoms with van der Waals surface area (Å²) in [6.45, 7) is 5.72. The highest BCUT2D eigenvalue weighted by Gasteiger charge is 2.11. The minimum absolute atomic E-state index is 0.251. The van der Waals surface area contributed by atoms with Gasteiger partial charge in [-0.1, -0.05) is 18.2 Å². The van der Waals surface area contributed by atoms with Crippen LogP contribution in [-0.2, 0) is 0 Å². The molecule has 0 saturated carbocycles. The summed E-state index contributed by atoms with van der Waals surface area (Å²) in [4.78, 5) is 0. The zero-order valence-corrected chi connectivity index (χ0v) is 10.3. The van der Waals surface area contributed by atoms with Crippen LogP contribution in [0.1, 0.15) is 16.7 Å². The molecular weight excluding hydrogens is 212 g/mol. The fourth-order valence-electron chi connectivity index (χ4n) is 2.08. The van der Waals surface area contributed by atoms with E-state index < -0.39 is 0 Å². The summed E-state index contributed by atoms with van der Waals surface area (Å²) in [6, 6.07) is 9.22. The maximum Gasteiger partial charge on any atom is 0.126 e. The largest absolute Gasteiger partial charge is 0.508 e. The van der Waals surface area contributed by atoms with Crippen molar-refractivity contribution in [3.8, 4) is 22.6 Å². The number of hydrogen-bond donors (Lipinski definition) is 2. The number of hydrogen-bond acceptors (Lipinski definition) is 2. The third-order valence-electron chi connectivity index (χ3n) is 3.04. The lowest BCUT2D eigenvalue weighted by Gasteiger charge is -2.12. The Bertz CT molecular complexity index is 571. The maximum atomic E-state index is 10.1. The van der Waals surface area contributed by atoms with E-state index >= 15 is 0 Å². The Morgan fingerprint density at radius 3 is 2.29 bits per heavy atom. The van der Waals surface area contributed by atoms with Gasteiger partial charge in [0.15, 0.2) is 0 Å². The Hall–Kier alpha value is -1.96. The highest BCUT2D eigenvalue weighted by Crippen LogP contribution is 2.37. The van der Waals surface area contributed by atoms with Crippen molar-refractivity contribution in [2.75, 3.05) is 0 Å². The van der Waals surface area contributed by atoms with Crippen molar-refractivity contribution in [1.82, 2.24) is 0 Å². The Kier molecular flexibility index (Phi) is 2.80. The third-order valence-corrected chi connectivity index (χ3v) is 3.04. The summed E-state index contributed by atoms with van der Waals surface area (Å²) in [5, 5.41) is 19.8. The first-order chi connectivity index (χ1) is 8.00. The fraction of sp³-hybridized carbons (Fsp3) is 0.200. The fourth-order valence-corrected chi connectivity index (χ4v) is 2.08. The van der Waals surface area contributed by atoms with Crippen LogP contribution in [0.4, 0.5) is 0 Å². The minimum Gasteiger partial charge on any atom is -0.508 e. The SMILES string of the molecule is Cc1cc(C)c(O)c(-c2cccc(O)c2C)c1. The summed E-state index contributed by atoms with van der Waals surface area (Å²) in [7, 11) is 0. The molecule has 0 spiro atoms. The van der Waals surface area contributed by atoms with Crippen LogP contribution in [0.5, 0.6) is 11.5 Å². The normalized spacial score (nSPS) is 10.5. The molecule has 2 N–H and O–H groups in total. The van der Waals surface area contributed by atoms with Gasteiger partial charge in [-0.05, 0) is 55.2 Å². The zero-order chi connectivity index (χ0) is 12.6. The van der Waals surface area contributed by atoms with E-state index in [1.807, 2.05) is 39.0 Å². The maximum absolute atomic E-state index is 10.1. The molecule has 2 aromatic carbocycles. The van der Waals surface area contributed by atoms with Gasteiger partial charge in [0.25, 0.3) is 0 Å². The van der Waals surface area contributed by atoms with E-state index in [4.69, 9.17) is 0 Å². The molecule has 2 heteroatoms. The Labute approximate surface area is 101 Å².